The number of benzene rings is 1. The molecule has 1 aromatic heterocycles. The zero-order valence-electron chi connectivity index (χ0n) is 8.11. The van der Waals surface area contributed by atoms with E-state index in [2.05, 4.69) is 31.2 Å². The highest BCUT2D eigenvalue weighted by atomic mass is 79.9. The van der Waals surface area contributed by atoms with Gasteiger partial charge in [-0.1, -0.05) is 0 Å². The molecule has 0 unspecified atom stereocenters. The molecule has 0 bridgehead atoms. The van der Waals surface area contributed by atoms with Crippen molar-refractivity contribution in [1.29, 1.82) is 0 Å². The summed E-state index contributed by atoms with van der Waals surface area (Å²) in [6, 6.07) is 4.31. The largest absolute Gasteiger partial charge is 0.396 e. The van der Waals surface area contributed by atoms with Crippen molar-refractivity contribution in [2.45, 2.75) is 0 Å². The fourth-order valence-corrected chi connectivity index (χ4v) is 1.56. The van der Waals surface area contributed by atoms with Crippen LogP contribution in [-0.2, 0) is 0 Å². The Hall–Kier alpha value is -1.69. The van der Waals surface area contributed by atoms with Gasteiger partial charge in [0.2, 0.25) is 5.95 Å². The number of anilines is 3. The molecule has 0 atom stereocenters. The van der Waals surface area contributed by atoms with E-state index >= 15 is 0 Å². The van der Waals surface area contributed by atoms with Gasteiger partial charge in [0.15, 0.2) is 0 Å². The van der Waals surface area contributed by atoms with Gasteiger partial charge < -0.3 is 11.1 Å². The molecule has 0 aliphatic rings. The molecule has 6 heteroatoms. The summed E-state index contributed by atoms with van der Waals surface area (Å²) in [5.41, 5.74) is 6.63. The fraction of sp³-hybridized carbons (Fsp3) is 0. The highest BCUT2D eigenvalue weighted by Crippen LogP contribution is 2.25. The zero-order chi connectivity index (χ0) is 11.5. The first-order valence-electron chi connectivity index (χ1n) is 4.45. The van der Waals surface area contributed by atoms with Crippen molar-refractivity contribution in [2.75, 3.05) is 11.1 Å². The van der Waals surface area contributed by atoms with Crippen molar-refractivity contribution >= 4 is 33.3 Å². The van der Waals surface area contributed by atoms with Crippen LogP contribution < -0.4 is 11.1 Å². The fourth-order valence-electron chi connectivity index (χ4n) is 1.11. The predicted molar refractivity (Wildman–Crippen MR) is 63.8 cm³/mol. The smallest absolute Gasteiger partial charge is 0.227 e. The lowest BCUT2D eigenvalue weighted by Gasteiger charge is -2.06. The van der Waals surface area contributed by atoms with E-state index in [0.717, 1.165) is 0 Å². The Morgan fingerprint density at radius 1 is 1.25 bits per heavy atom. The maximum atomic E-state index is 12.8. The quantitative estimate of drug-likeness (QED) is 0.889. The first-order valence-corrected chi connectivity index (χ1v) is 5.24. The number of hydrogen-bond donors (Lipinski definition) is 2. The topological polar surface area (TPSA) is 63.8 Å². The predicted octanol–water partition coefficient (Wildman–Crippen LogP) is 2.70. The van der Waals surface area contributed by atoms with Crippen molar-refractivity contribution < 1.29 is 4.39 Å². The molecule has 2 aromatic rings. The van der Waals surface area contributed by atoms with Crippen LogP contribution in [0.5, 0.6) is 0 Å². The van der Waals surface area contributed by atoms with E-state index in [9.17, 15) is 4.39 Å². The van der Waals surface area contributed by atoms with Gasteiger partial charge >= 0.3 is 0 Å². The Balaban J connectivity index is 2.23. The monoisotopic (exact) mass is 282 g/mol. The summed E-state index contributed by atoms with van der Waals surface area (Å²) < 4.78 is 13.4. The molecule has 0 radical (unpaired) electrons. The van der Waals surface area contributed by atoms with Crippen LogP contribution in [0.15, 0.2) is 35.1 Å². The second kappa shape index (κ2) is 4.44. The van der Waals surface area contributed by atoms with Crippen LogP contribution in [-0.4, -0.2) is 9.97 Å². The average Bonchev–Trinajstić information content (AvgIpc) is 2.25. The first-order chi connectivity index (χ1) is 7.65. The van der Waals surface area contributed by atoms with E-state index in [4.69, 9.17) is 5.73 Å². The second-order valence-corrected chi connectivity index (χ2v) is 3.94. The van der Waals surface area contributed by atoms with Gasteiger partial charge in [0.05, 0.1) is 23.8 Å². The molecule has 3 N–H and O–H groups in total. The molecule has 1 heterocycles. The highest BCUT2D eigenvalue weighted by molar-refractivity contribution is 9.10. The molecule has 0 spiro atoms. The van der Waals surface area contributed by atoms with Crippen LogP contribution >= 0.6 is 15.9 Å². The summed E-state index contributed by atoms with van der Waals surface area (Å²) in [5, 5.41) is 2.94. The van der Waals surface area contributed by atoms with Gasteiger partial charge in [0.25, 0.3) is 0 Å². The number of nitrogens with two attached hydrogens (primary N) is 1. The Morgan fingerprint density at radius 2 is 1.94 bits per heavy atom. The molecule has 1 aromatic carbocycles. The summed E-state index contributed by atoms with van der Waals surface area (Å²) in [4.78, 5) is 7.95. The maximum Gasteiger partial charge on any atom is 0.227 e. The van der Waals surface area contributed by atoms with Crippen LogP contribution in [0, 0.1) is 5.82 Å². The van der Waals surface area contributed by atoms with E-state index in [1.165, 1.54) is 24.5 Å². The van der Waals surface area contributed by atoms with Crippen LogP contribution in [0.4, 0.5) is 21.7 Å². The van der Waals surface area contributed by atoms with Crippen LogP contribution in [0.25, 0.3) is 0 Å². The summed E-state index contributed by atoms with van der Waals surface area (Å²) in [7, 11) is 0. The molecule has 0 aliphatic heterocycles. The van der Waals surface area contributed by atoms with Gasteiger partial charge in [0.1, 0.15) is 5.82 Å². The summed E-state index contributed by atoms with van der Waals surface area (Å²) in [6.07, 6.45) is 2.99. The molecular weight excluding hydrogens is 275 g/mol. The standard InChI is InChI=1S/C10H8BrFN4/c11-8-3-6(12)1-2-9(8)16-10-14-4-7(13)5-15-10/h1-5H,13H2,(H,14,15,16). The molecule has 0 fully saturated rings. The van der Waals surface area contributed by atoms with Gasteiger partial charge in [-0.05, 0) is 34.1 Å². The van der Waals surface area contributed by atoms with E-state index in [0.29, 0.717) is 21.8 Å². The number of nitrogens with one attached hydrogen (secondary N) is 1. The van der Waals surface area contributed by atoms with E-state index in [1.54, 1.807) is 6.07 Å². The Labute approximate surface area is 99.9 Å². The molecular formula is C10H8BrFN4. The van der Waals surface area contributed by atoms with Gasteiger partial charge in [-0.2, -0.15) is 0 Å². The van der Waals surface area contributed by atoms with E-state index in [1.807, 2.05) is 0 Å². The first kappa shape index (κ1) is 10.8. The summed E-state index contributed by atoms with van der Waals surface area (Å²) in [5.74, 6) is 0.0946. The average molecular weight is 283 g/mol. The molecule has 0 aliphatic carbocycles. The van der Waals surface area contributed by atoms with Gasteiger partial charge in [0, 0.05) is 4.47 Å². The number of nitrogens with zero attached hydrogens (tertiary/aromatic N) is 2. The molecule has 0 saturated carbocycles. The van der Waals surface area contributed by atoms with Crippen molar-refractivity contribution in [1.82, 2.24) is 9.97 Å². The Bertz CT molecular complexity index is 501. The van der Waals surface area contributed by atoms with Gasteiger partial charge in [-0.3, -0.25) is 0 Å². The Morgan fingerprint density at radius 3 is 2.56 bits per heavy atom. The lowest BCUT2D eigenvalue weighted by molar-refractivity contribution is 0.627. The van der Waals surface area contributed by atoms with E-state index < -0.39 is 0 Å². The van der Waals surface area contributed by atoms with Gasteiger partial charge in [-0.15, -0.1) is 0 Å². The molecule has 82 valence electrons. The normalized spacial score (nSPS) is 10.1. The lowest BCUT2D eigenvalue weighted by Crippen LogP contribution is -1.98. The molecule has 0 amide bonds. The van der Waals surface area contributed by atoms with Crippen LogP contribution in [0.2, 0.25) is 0 Å². The number of halogens is 2. The van der Waals surface area contributed by atoms with E-state index in [-0.39, 0.29) is 5.82 Å². The number of hydrogen-bond acceptors (Lipinski definition) is 4. The maximum absolute atomic E-state index is 12.8. The SMILES string of the molecule is Nc1cnc(Nc2ccc(F)cc2Br)nc1. The minimum Gasteiger partial charge on any atom is -0.396 e. The Kier molecular flexibility index (Phi) is 3.00. The van der Waals surface area contributed by atoms with Crippen LogP contribution in [0.3, 0.4) is 0 Å². The number of aromatic nitrogens is 2. The van der Waals surface area contributed by atoms with Crippen molar-refractivity contribution in [3.05, 3.63) is 40.9 Å². The van der Waals surface area contributed by atoms with Crippen molar-refractivity contribution in [3.63, 3.8) is 0 Å². The number of nitrogen functional groups attached to an aromatic ring is 1. The highest BCUT2D eigenvalue weighted by Gasteiger charge is 2.03. The van der Waals surface area contributed by atoms with Crippen molar-refractivity contribution in [3.8, 4) is 0 Å². The molecule has 2 rings (SSSR count). The minimum absolute atomic E-state index is 0.310. The minimum atomic E-state index is -0.310. The summed E-state index contributed by atoms with van der Waals surface area (Å²) >= 11 is 3.24. The third-order valence-corrected chi connectivity index (χ3v) is 2.51. The molecule has 4 nitrogen and oxygen atoms in total. The summed E-state index contributed by atoms with van der Waals surface area (Å²) in [6.45, 7) is 0. The molecule has 0 saturated heterocycles. The second-order valence-electron chi connectivity index (χ2n) is 3.09. The van der Waals surface area contributed by atoms with Crippen LogP contribution in [0.1, 0.15) is 0 Å². The zero-order valence-corrected chi connectivity index (χ0v) is 9.70. The third kappa shape index (κ3) is 2.46. The van der Waals surface area contributed by atoms with Crippen molar-refractivity contribution in [2.24, 2.45) is 0 Å². The lowest BCUT2D eigenvalue weighted by atomic mass is 10.3. The number of rotatable bonds is 2. The molecule has 16 heavy (non-hydrogen) atoms. The third-order valence-electron chi connectivity index (χ3n) is 1.85. The van der Waals surface area contributed by atoms with Gasteiger partial charge in [-0.25, -0.2) is 14.4 Å².